The number of amidine groups is 1. The molecule has 1 fully saturated rings. The number of hydrazone groups is 1. The fraction of sp³-hybridized carbons (Fsp3) is 0.235. The summed E-state index contributed by atoms with van der Waals surface area (Å²) in [6.45, 7) is -0.512. The third kappa shape index (κ3) is 4.81. The molecule has 4 rings (SSSR count). The summed E-state index contributed by atoms with van der Waals surface area (Å²) >= 11 is 0. The lowest BCUT2D eigenvalue weighted by atomic mass is 10.1. The lowest BCUT2D eigenvalue weighted by Crippen LogP contribution is -2.36. The van der Waals surface area contributed by atoms with Crippen LogP contribution in [0.4, 0.5) is 14.9 Å². The van der Waals surface area contributed by atoms with Crippen molar-refractivity contribution >= 4 is 25.4 Å². The first-order valence-electron chi connectivity index (χ1n) is 8.98. The van der Waals surface area contributed by atoms with Crippen LogP contribution in [0.1, 0.15) is 5.69 Å². The normalized spacial score (nSPS) is 18.8. The van der Waals surface area contributed by atoms with Crippen LogP contribution in [0.25, 0.3) is 11.1 Å². The number of phosphoric acid groups is 1. The molecule has 1 saturated heterocycles. The molecular formula is C17H18FN6O6P. The zero-order chi connectivity index (χ0) is 22.2. The Morgan fingerprint density at radius 2 is 2.16 bits per heavy atom. The Bertz CT molecular complexity index is 1080. The first kappa shape index (κ1) is 21.2. The van der Waals surface area contributed by atoms with Crippen LogP contribution in [-0.2, 0) is 13.8 Å². The highest BCUT2D eigenvalue weighted by atomic mass is 31.2. The first-order valence-corrected chi connectivity index (χ1v) is 10.5. The third-order valence-corrected chi connectivity index (χ3v) is 4.96. The van der Waals surface area contributed by atoms with Crippen molar-refractivity contribution in [3.63, 3.8) is 0 Å². The number of rotatable bonds is 6. The van der Waals surface area contributed by atoms with E-state index in [2.05, 4.69) is 25.6 Å². The maximum atomic E-state index is 14.8. The molecule has 0 bridgehead atoms. The Kier molecular flexibility index (Phi) is 5.60. The van der Waals surface area contributed by atoms with Gasteiger partial charge in [-0.15, -0.1) is 10.6 Å². The van der Waals surface area contributed by atoms with Crippen molar-refractivity contribution in [1.29, 1.82) is 0 Å². The SMILES string of the molecule is CN1N=C(c2ccc(-c3ccc(N4C[C@H](COP(=O)(O)O)OC4=O)cc3F)cn2)NN1. The highest BCUT2D eigenvalue weighted by molar-refractivity contribution is 7.46. The fourth-order valence-electron chi connectivity index (χ4n) is 3.05. The molecule has 0 aliphatic carbocycles. The number of carbonyl (C=O) groups is 1. The Balaban J connectivity index is 1.48. The van der Waals surface area contributed by atoms with E-state index >= 15 is 0 Å². The van der Waals surface area contributed by atoms with Gasteiger partial charge in [0.1, 0.15) is 17.6 Å². The number of phosphoric ester groups is 1. The average Bonchev–Trinajstić information content (AvgIpc) is 3.31. The maximum absolute atomic E-state index is 14.8. The van der Waals surface area contributed by atoms with Gasteiger partial charge in [-0.2, -0.15) is 0 Å². The molecule has 0 spiro atoms. The Labute approximate surface area is 175 Å². The summed E-state index contributed by atoms with van der Waals surface area (Å²) in [5.41, 5.74) is 7.25. The van der Waals surface area contributed by atoms with E-state index in [9.17, 15) is 13.8 Å². The van der Waals surface area contributed by atoms with E-state index in [0.29, 0.717) is 17.1 Å². The van der Waals surface area contributed by atoms with E-state index in [1.54, 1.807) is 25.2 Å². The number of pyridine rings is 1. The topological polar surface area (TPSA) is 149 Å². The molecule has 14 heteroatoms. The van der Waals surface area contributed by atoms with Crippen LogP contribution in [-0.4, -0.2) is 58.1 Å². The molecule has 164 valence electrons. The van der Waals surface area contributed by atoms with Crippen LogP contribution >= 0.6 is 7.82 Å². The minimum absolute atomic E-state index is 0.0362. The zero-order valence-corrected chi connectivity index (χ0v) is 17.0. The van der Waals surface area contributed by atoms with Gasteiger partial charge in [0.05, 0.1) is 18.8 Å². The van der Waals surface area contributed by atoms with Crippen LogP contribution in [0.3, 0.4) is 0 Å². The molecule has 2 aliphatic heterocycles. The number of carbonyl (C=O) groups excluding carboxylic acids is 1. The number of hydrogen-bond acceptors (Lipinski definition) is 9. The minimum atomic E-state index is -4.68. The van der Waals surface area contributed by atoms with Gasteiger partial charge in [-0.3, -0.25) is 19.8 Å². The molecule has 1 aromatic heterocycles. The maximum Gasteiger partial charge on any atom is 0.469 e. The van der Waals surface area contributed by atoms with E-state index in [0.717, 1.165) is 4.90 Å². The van der Waals surface area contributed by atoms with Crippen molar-refractivity contribution in [2.75, 3.05) is 25.1 Å². The van der Waals surface area contributed by atoms with Crippen molar-refractivity contribution in [3.05, 3.63) is 48.0 Å². The van der Waals surface area contributed by atoms with Gasteiger partial charge in [0, 0.05) is 24.4 Å². The van der Waals surface area contributed by atoms with Crippen molar-refractivity contribution in [2.45, 2.75) is 6.10 Å². The first-order chi connectivity index (χ1) is 14.7. The number of hydrogen-bond donors (Lipinski definition) is 4. The smallest absolute Gasteiger partial charge is 0.441 e. The Morgan fingerprint density at radius 1 is 1.35 bits per heavy atom. The second kappa shape index (κ2) is 8.21. The van der Waals surface area contributed by atoms with E-state index < -0.39 is 32.4 Å². The highest BCUT2D eigenvalue weighted by Gasteiger charge is 2.34. The van der Waals surface area contributed by atoms with Crippen LogP contribution in [0.15, 0.2) is 41.6 Å². The number of anilines is 1. The number of ether oxygens (including phenoxy) is 1. The summed E-state index contributed by atoms with van der Waals surface area (Å²) < 4.78 is 34.9. The number of cyclic esters (lactones) is 1. The van der Waals surface area contributed by atoms with Crippen LogP contribution in [0.2, 0.25) is 0 Å². The van der Waals surface area contributed by atoms with Gasteiger partial charge in [0.2, 0.25) is 0 Å². The van der Waals surface area contributed by atoms with Gasteiger partial charge in [-0.1, -0.05) is 6.07 Å². The molecule has 2 aliphatic rings. The minimum Gasteiger partial charge on any atom is -0.441 e. The van der Waals surface area contributed by atoms with Crippen molar-refractivity contribution in [1.82, 2.24) is 21.1 Å². The number of hydrazine groups is 2. The van der Waals surface area contributed by atoms with Crippen LogP contribution < -0.4 is 15.9 Å². The van der Waals surface area contributed by atoms with E-state index in [4.69, 9.17) is 14.5 Å². The molecular weight excluding hydrogens is 434 g/mol. The van der Waals surface area contributed by atoms with Gasteiger partial charge < -0.3 is 14.5 Å². The lowest BCUT2D eigenvalue weighted by Gasteiger charge is -2.14. The summed E-state index contributed by atoms with van der Waals surface area (Å²) in [7, 11) is -2.97. The molecule has 3 heterocycles. The summed E-state index contributed by atoms with van der Waals surface area (Å²) in [5, 5.41) is 5.65. The Hall–Kier alpha value is -3.09. The number of nitrogens with zero attached hydrogens (tertiary/aromatic N) is 4. The van der Waals surface area contributed by atoms with Gasteiger partial charge >= 0.3 is 13.9 Å². The van der Waals surface area contributed by atoms with Crippen molar-refractivity contribution < 1.29 is 32.8 Å². The molecule has 31 heavy (non-hydrogen) atoms. The van der Waals surface area contributed by atoms with E-state index in [1.807, 2.05) is 0 Å². The molecule has 1 atom stereocenters. The standard InChI is InChI=1S/C17H18FN6O6P/c1-23-21-16(20-22-23)15-5-2-10(7-19-15)13-4-3-11(6-14(13)18)24-8-12(30-17(24)25)9-29-31(26,27)28/h2-7,12,22H,8-9H2,1H3,(H,20,21)(H2,26,27,28)/t12-/m1/s1. The summed E-state index contributed by atoms with van der Waals surface area (Å²) in [6, 6.07) is 7.62. The number of nitrogens with one attached hydrogen (secondary N) is 2. The third-order valence-electron chi connectivity index (χ3n) is 4.47. The van der Waals surface area contributed by atoms with E-state index in [-0.39, 0.29) is 17.8 Å². The lowest BCUT2D eigenvalue weighted by molar-refractivity contribution is 0.0880. The number of halogens is 1. The predicted molar refractivity (Wildman–Crippen MR) is 106 cm³/mol. The molecule has 0 saturated carbocycles. The molecule has 4 N–H and O–H groups in total. The number of benzene rings is 1. The highest BCUT2D eigenvalue weighted by Crippen LogP contribution is 2.36. The molecule has 12 nitrogen and oxygen atoms in total. The van der Waals surface area contributed by atoms with E-state index in [1.165, 1.54) is 23.4 Å². The van der Waals surface area contributed by atoms with Gasteiger partial charge in [0.15, 0.2) is 5.84 Å². The molecule has 1 aromatic carbocycles. The van der Waals surface area contributed by atoms with Crippen LogP contribution in [0.5, 0.6) is 0 Å². The summed E-state index contributed by atoms with van der Waals surface area (Å²) in [6.07, 6.45) is -0.142. The Morgan fingerprint density at radius 3 is 2.77 bits per heavy atom. The second-order valence-electron chi connectivity index (χ2n) is 6.71. The molecule has 0 unspecified atom stereocenters. The zero-order valence-electron chi connectivity index (χ0n) is 16.1. The quantitative estimate of drug-likeness (QED) is 0.467. The second-order valence-corrected chi connectivity index (χ2v) is 7.95. The van der Waals surface area contributed by atoms with Gasteiger partial charge in [0.25, 0.3) is 0 Å². The monoisotopic (exact) mass is 452 g/mol. The largest absolute Gasteiger partial charge is 0.469 e. The van der Waals surface area contributed by atoms with Gasteiger partial charge in [-0.25, -0.2) is 18.9 Å². The fourth-order valence-corrected chi connectivity index (χ4v) is 3.41. The number of amides is 1. The van der Waals surface area contributed by atoms with Crippen molar-refractivity contribution in [3.8, 4) is 11.1 Å². The predicted octanol–water partition coefficient (Wildman–Crippen LogP) is 0.938. The number of aromatic nitrogens is 1. The molecule has 2 aromatic rings. The van der Waals surface area contributed by atoms with Crippen LogP contribution in [0, 0.1) is 5.82 Å². The van der Waals surface area contributed by atoms with Crippen molar-refractivity contribution in [2.24, 2.45) is 5.10 Å². The average molecular weight is 452 g/mol. The molecule has 0 radical (unpaired) electrons. The summed E-state index contributed by atoms with van der Waals surface area (Å²) in [4.78, 5) is 35.0. The summed E-state index contributed by atoms with van der Waals surface area (Å²) in [5.74, 6) is -0.0535. The van der Waals surface area contributed by atoms with Gasteiger partial charge in [-0.05, 0) is 24.3 Å². The molecule has 1 amide bonds.